The monoisotopic (exact) mass is 332 g/mol. The molecule has 25 heavy (non-hydrogen) atoms. The summed E-state index contributed by atoms with van der Waals surface area (Å²) >= 11 is 0. The molecule has 0 aliphatic carbocycles. The van der Waals surface area contributed by atoms with Gasteiger partial charge < -0.3 is 10.6 Å². The molecule has 1 heterocycles. The number of nitrogens with one attached hydrogen (secondary N) is 2. The van der Waals surface area contributed by atoms with Crippen LogP contribution in [0.2, 0.25) is 0 Å². The van der Waals surface area contributed by atoms with E-state index in [2.05, 4.69) is 77.8 Å². The Labute approximate surface area is 149 Å². The molecule has 128 valence electrons. The van der Waals surface area contributed by atoms with Gasteiger partial charge in [0.25, 0.3) is 0 Å². The van der Waals surface area contributed by atoms with Crippen LogP contribution in [0, 0.1) is 6.92 Å². The van der Waals surface area contributed by atoms with Crippen molar-refractivity contribution < 1.29 is 0 Å². The van der Waals surface area contributed by atoms with Crippen molar-refractivity contribution in [2.45, 2.75) is 33.2 Å². The largest absolute Gasteiger partial charge is 0.352 e. The number of benzene rings is 2. The van der Waals surface area contributed by atoms with Crippen LogP contribution >= 0.6 is 0 Å². The van der Waals surface area contributed by atoms with Gasteiger partial charge in [0, 0.05) is 23.4 Å². The first kappa shape index (κ1) is 17.0. The first-order valence-electron chi connectivity index (χ1n) is 8.69. The summed E-state index contributed by atoms with van der Waals surface area (Å²) in [6.07, 6.45) is 1.01. The van der Waals surface area contributed by atoms with E-state index in [0.29, 0.717) is 12.0 Å². The van der Waals surface area contributed by atoms with Crippen molar-refractivity contribution in [1.82, 2.24) is 9.97 Å². The minimum absolute atomic E-state index is 0.318. The van der Waals surface area contributed by atoms with E-state index in [-0.39, 0.29) is 0 Å². The average Bonchev–Trinajstić information content (AvgIpc) is 2.64. The summed E-state index contributed by atoms with van der Waals surface area (Å²) in [5.41, 5.74) is 4.22. The second-order valence-corrected chi connectivity index (χ2v) is 6.27. The number of aromatic nitrogens is 2. The lowest BCUT2D eigenvalue weighted by molar-refractivity contribution is 0.753. The molecule has 3 aromatic rings. The molecule has 0 aliphatic heterocycles. The molecule has 0 aliphatic rings. The molecule has 1 aromatic heterocycles. The van der Waals surface area contributed by atoms with Gasteiger partial charge in [0.05, 0.1) is 5.69 Å². The second-order valence-electron chi connectivity index (χ2n) is 6.27. The average molecular weight is 332 g/mol. The van der Waals surface area contributed by atoms with Crippen LogP contribution in [0.25, 0.3) is 11.3 Å². The third-order valence-corrected chi connectivity index (χ3v) is 4.11. The van der Waals surface area contributed by atoms with E-state index < -0.39 is 0 Å². The normalized spacial score (nSPS) is 11.8. The van der Waals surface area contributed by atoms with Gasteiger partial charge in [-0.15, -0.1) is 0 Å². The molecule has 0 saturated heterocycles. The zero-order chi connectivity index (χ0) is 17.6. The zero-order valence-corrected chi connectivity index (χ0v) is 15.0. The van der Waals surface area contributed by atoms with Gasteiger partial charge in [-0.05, 0) is 32.4 Å². The zero-order valence-electron chi connectivity index (χ0n) is 15.0. The lowest BCUT2D eigenvalue weighted by Gasteiger charge is -2.14. The van der Waals surface area contributed by atoms with E-state index in [1.807, 2.05) is 24.3 Å². The highest BCUT2D eigenvalue weighted by atomic mass is 15.2. The Morgan fingerprint density at radius 1 is 0.960 bits per heavy atom. The van der Waals surface area contributed by atoms with Crippen LogP contribution in [0.4, 0.5) is 17.5 Å². The van der Waals surface area contributed by atoms with Crippen molar-refractivity contribution >= 4 is 17.5 Å². The fourth-order valence-corrected chi connectivity index (χ4v) is 2.44. The van der Waals surface area contributed by atoms with Crippen LogP contribution in [0.3, 0.4) is 0 Å². The highest BCUT2D eigenvalue weighted by molar-refractivity contribution is 5.67. The van der Waals surface area contributed by atoms with Crippen molar-refractivity contribution in [2.75, 3.05) is 10.6 Å². The molecular weight excluding hydrogens is 308 g/mol. The first-order valence-corrected chi connectivity index (χ1v) is 8.69. The summed E-state index contributed by atoms with van der Waals surface area (Å²) in [5, 5.41) is 6.76. The van der Waals surface area contributed by atoms with Gasteiger partial charge in [0.2, 0.25) is 5.95 Å². The SMILES string of the molecule is CC[C@@H](C)Nc1nc(Nc2ccc(C)cc2)cc(-c2ccccc2)n1. The van der Waals surface area contributed by atoms with Crippen molar-refractivity contribution in [3.63, 3.8) is 0 Å². The molecule has 0 bridgehead atoms. The number of anilines is 3. The highest BCUT2D eigenvalue weighted by Crippen LogP contribution is 2.24. The number of hydrogen-bond acceptors (Lipinski definition) is 4. The van der Waals surface area contributed by atoms with Gasteiger partial charge in [-0.25, -0.2) is 4.98 Å². The summed E-state index contributed by atoms with van der Waals surface area (Å²) in [5.74, 6) is 1.42. The summed E-state index contributed by atoms with van der Waals surface area (Å²) < 4.78 is 0. The van der Waals surface area contributed by atoms with Crippen LogP contribution in [0.1, 0.15) is 25.8 Å². The third-order valence-electron chi connectivity index (χ3n) is 4.11. The number of hydrogen-bond donors (Lipinski definition) is 2. The van der Waals surface area contributed by atoms with E-state index in [0.717, 1.165) is 29.2 Å². The Morgan fingerprint density at radius 3 is 2.36 bits per heavy atom. The summed E-state index contributed by atoms with van der Waals surface area (Å²) in [4.78, 5) is 9.32. The van der Waals surface area contributed by atoms with E-state index >= 15 is 0 Å². The van der Waals surface area contributed by atoms with Crippen LogP contribution in [0.15, 0.2) is 60.7 Å². The van der Waals surface area contributed by atoms with Gasteiger partial charge in [0.15, 0.2) is 0 Å². The Bertz CT molecular complexity index is 813. The van der Waals surface area contributed by atoms with Gasteiger partial charge in [-0.2, -0.15) is 4.98 Å². The molecule has 4 nitrogen and oxygen atoms in total. The third kappa shape index (κ3) is 4.57. The topological polar surface area (TPSA) is 49.8 Å². The highest BCUT2D eigenvalue weighted by Gasteiger charge is 2.09. The van der Waals surface area contributed by atoms with E-state index in [1.54, 1.807) is 0 Å². The minimum atomic E-state index is 0.318. The van der Waals surface area contributed by atoms with Gasteiger partial charge in [0.1, 0.15) is 5.82 Å². The standard InChI is InChI=1S/C21H24N4/c1-4-16(3)22-21-24-19(17-8-6-5-7-9-17)14-20(25-21)23-18-12-10-15(2)11-13-18/h5-14,16H,4H2,1-3H3,(H2,22,23,24,25)/t16-/m1/s1. The first-order chi connectivity index (χ1) is 12.1. The fraction of sp³-hybridized carbons (Fsp3) is 0.238. The quantitative estimate of drug-likeness (QED) is 0.634. The molecule has 0 amide bonds. The molecule has 0 spiro atoms. The smallest absolute Gasteiger partial charge is 0.225 e. The van der Waals surface area contributed by atoms with E-state index in [4.69, 9.17) is 0 Å². The van der Waals surface area contributed by atoms with Crippen molar-refractivity contribution in [3.8, 4) is 11.3 Å². The van der Waals surface area contributed by atoms with Gasteiger partial charge in [-0.1, -0.05) is 55.0 Å². The Kier molecular flexibility index (Phi) is 5.29. The maximum atomic E-state index is 4.69. The number of nitrogens with zero attached hydrogens (tertiary/aromatic N) is 2. The predicted octanol–water partition coefficient (Wildman–Crippen LogP) is 5.41. The molecule has 0 radical (unpaired) electrons. The van der Waals surface area contributed by atoms with Crippen LogP contribution < -0.4 is 10.6 Å². The Balaban J connectivity index is 1.95. The maximum Gasteiger partial charge on any atom is 0.225 e. The summed E-state index contributed by atoms with van der Waals surface area (Å²) in [7, 11) is 0. The second kappa shape index (κ2) is 7.79. The fourth-order valence-electron chi connectivity index (χ4n) is 2.44. The molecule has 0 saturated carbocycles. The predicted molar refractivity (Wildman–Crippen MR) is 105 cm³/mol. The summed E-state index contributed by atoms with van der Waals surface area (Å²) in [6.45, 7) is 6.35. The van der Waals surface area contributed by atoms with Crippen LogP contribution in [-0.2, 0) is 0 Å². The van der Waals surface area contributed by atoms with Crippen LogP contribution in [0.5, 0.6) is 0 Å². The van der Waals surface area contributed by atoms with E-state index in [1.165, 1.54) is 5.56 Å². The van der Waals surface area contributed by atoms with E-state index in [9.17, 15) is 0 Å². The minimum Gasteiger partial charge on any atom is -0.352 e. The van der Waals surface area contributed by atoms with Crippen molar-refractivity contribution in [3.05, 3.63) is 66.2 Å². The molecule has 4 heteroatoms. The molecule has 2 aromatic carbocycles. The maximum absolute atomic E-state index is 4.69. The lowest BCUT2D eigenvalue weighted by Crippen LogP contribution is -2.16. The van der Waals surface area contributed by atoms with Crippen LogP contribution in [-0.4, -0.2) is 16.0 Å². The molecule has 0 unspecified atom stereocenters. The van der Waals surface area contributed by atoms with Gasteiger partial charge in [-0.3, -0.25) is 0 Å². The van der Waals surface area contributed by atoms with Gasteiger partial charge >= 0.3 is 0 Å². The summed E-state index contributed by atoms with van der Waals surface area (Å²) in [6, 6.07) is 20.8. The van der Waals surface area contributed by atoms with Crippen molar-refractivity contribution in [1.29, 1.82) is 0 Å². The Hall–Kier alpha value is -2.88. The molecule has 3 rings (SSSR count). The molecule has 2 N–H and O–H groups in total. The number of rotatable bonds is 6. The lowest BCUT2D eigenvalue weighted by atomic mass is 10.1. The van der Waals surface area contributed by atoms with Crippen molar-refractivity contribution in [2.24, 2.45) is 0 Å². The Morgan fingerprint density at radius 2 is 1.68 bits per heavy atom. The molecule has 1 atom stereocenters. The molecular formula is C21H24N4. The number of aryl methyl sites for hydroxylation is 1. The molecule has 0 fully saturated rings.